The fourth-order valence-corrected chi connectivity index (χ4v) is 6.42. The number of carbonyl (C=O) groups is 2. The van der Waals surface area contributed by atoms with E-state index in [1.807, 2.05) is 9.80 Å². The average molecular weight is 604 g/mol. The molecule has 0 aliphatic carbocycles. The number of alkyl halides is 3. The molecule has 1 unspecified atom stereocenters. The van der Waals surface area contributed by atoms with Gasteiger partial charge in [-0.1, -0.05) is 30.4 Å². The summed E-state index contributed by atoms with van der Waals surface area (Å²) >= 11 is 1.25. The molecular formula is C28H32F3N7O3S. The molecule has 4 heterocycles. The highest BCUT2D eigenvalue weighted by molar-refractivity contribution is 7.16. The summed E-state index contributed by atoms with van der Waals surface area (Å²) in [6.45, 7) is 5.88. The Morgan fingerprint density at radius 3 is 2.57 bits per heavy atom. The normalized spacial score (nSPS) is 18.4. The van der Waals surface area contributed by atoms with Gasteiger partial charge in [0.05, 0.1) is 30.2 Å². The third-order valence-corrected chi connectivity index (χ3v) is 8.58. The van der Waals surface area contributed by atoms with Crippen LogP contribution >= 0.6 is 11.3 Å². The van der Waals surface area contributed by atoms with E-state index in [0.717, 1.165) is 42.8 Å². The number of piperazine rings is 1. The van der Waals surface area contributed by atoms with E-state index < -0.39 is 23.6 Å². The second kappa shape index (κ2) is 12.7. The van der Waals surface area contributed by atoms with Crippen LogP contribution in [0.3, 0.4) is 0 Å². The van der Waals surface area contributed by atoms with Crippen molar-refractivity contribution in [1.82, 2.24) is 24.8 Å². The first kappa shape index (κ1) is 29.9. The van der Waals surface area contributed by atoms with Gasteiger partial charge in [0, 0.05) is 49.2 Å². The third kappa shape index (κ3) is 7.05. The molecule has 2 saturated heterocycles. The molecule has 14 heteroatoms. The lowest BCUT2D eigenvalue weighted by Crippen LogP contribution is -2.48. The number of benzene rings is 1. The minimum Gasteiger partial charge on any atom is -0.480 e. The number of carbonyl (C=O) groups excluding carboxylic acids is 1. The van der Waals surface area contributed by atoms with Crippen LogP contribution in [-0.4, -0.2) is 87.0 Å². The number of hydrogen-bond acceptors (Lipinski definition) is 9. The summed E-state index contributed by atoms with van der Waals surface area (Å²) in [5.74, 6) is -0.807. The van der Waals surface area contributed by atoms with Crippen LogP contribution in [0, 0.1) is 0 Å². The van der Waals surface area contributed by atoms with Gasteiger partial charge in [-0.2, -0.15) is 13.2 Å². The summed E-state index contributed by atoms with van der Waals surface area (Å²) in [5.41, 5.74) is 0.0880. The number of hydrogen-bond donors (Lipinski definition) is 2. The molecule has 5 rings (SSSR count). The van der Waals surface area contributed by atoms with Crippen molar-refractivity contribution in [3.05, 3.63) is 52.8 Å². The zero-order chi connectivity index (χ0) is 29.9. The van der Waals surface area contributed by atoms with Gasteiger partial charge in [0.1, 0.15) is 11.5 Å². The zero-order valence-corrected chi connectivity index (χ0v) is 23.9. The predicted octanol–water partition coefficient (Wildman–Crippen LogP) is 4.45. The van der Waals surface area contributed by atoms with E-state index in [2.05, 4.69) is 32.1 Å². The molecule has 0 bridgehead atoms. The van der Waals surface area contributed by atoms with E-state index in [0.29, 0.717) is 55.8 Å². The zero-order valence-electron chi connectivity index (χ0n) is 23.1. The molecule has 2 aliphatic rings. The molecule has 2 aliphatic heterocycles. The van der Waals surface area contributed by atoms with Crippen LogP contribution in [0.15, 0.2) is 36.7 Å². The van der Waals surface area contributed by atoms with Crippen molar-refractivity contribution in [2.75, 3.05) is 49.5 Å². The highest BCUT2D eigenvalue weighted by Crippen LogP contribution is 2.37. The number of thiazole rings is 1. The lowest BCUT2D eigenvalue weighted by Gasteiger charge is -2.34. The van der Waals surface area contributed by atoms with Crippen LogP contribution < -0.4 is 10.2 Å². The Morgan fingerprint density at radius 2 is 1.90 bits per heavy atom. The molecule has 42 heavy (non-hydrogen) atoms. The van der Waals surface area contributed by atoms with Crippen LogP contribution in [0.1, 0.15) is 47.1 Å². The summed E-state index contributed by atoms with van der Waals surface area (Å²) in [7, 11) is 0. The quantitative estimate of drug-likeness (QED) is 0.366. The number of aliphatic carboxylic acids is 1. The van der Waals surface area contributed by atoms with Crippen LogP contribution in [-0.2, 0) is 17.5 Å². The maximum absolute atomic E-state index is 13.5. The Kier molecular flexibility index (Phi) is 9.04. The maximum Gasteiger partial charge on any atom is 0.416 e. The van der Waals surface area contributed by atoms with E-state index in [9.17, 15) is 22.8 Å². The maximum atomic E-state index is 13.5. The van der Waals surface area contributed by atoms with Crippen LogP contribution in [0.5, 0.6) is 0 Å². The number of carboxylic acid groups (broad SMARTS) is 1. The van der Waals surface area contributed by atoms with E-state index in [-0.39, 0.29) is 17.4 Å². The van der Waals surface area contributed by atoms with E-state index in [1.54, 1.807) is 6.07 Å². The summed E-state index contributed by atoms with van der Waals surface area (Å²) < 4.78 is 40.4. The number of aromatic nitrogens is 3. The smallest absolute Gasteiger partial charge is 0.416 e. The molecule has 10 nitrogen and oxygen atoms in total. The number of carboxylic acids is 1. The fraction of sp³-hybridized carbons (Fsp3) is 0.464. The lowest BCUT2D eigenvalue weighted by molar-refractivity contribution is -0.139. The van der Waals surface area contributed by atoms with Gasteiger partial charge in [0.2, 0.25) is 0 Å². The number of nitrogens with zero attached hydrogens (tertiary/aromatic N) is 6. The number of anilines is 2. The molecule has 224 valence electrons. The van der Waals surface area contributed by atoms with Gasteiger partial charge in [0.15, 0.2) is 5.13 Å². The molecule has 1 aromatic carbocycles. The van der Waals surface area contributed by atoms with Crippen LogP contribution in [0.25, 0.3) is 11.3 Å². The highest BCUT2D eigenvalue weighted by Gasteiger charge is 2.31. The SMILES string of the molecule is CCC1CCCN1Cc1sc(NC(=O)c2cnc(N3CCN(CC(=O)O)CC3)cn2)nc1-c1cccc(C(F)(F)F)c1. The molecule has 0 radical (unpaired) electrons. The predicted molar refractivity (Wildman–Crippen MR) is 153 cm³/mol. The first-order valence-corrected chi connectivity index (χ1v) is 14.7. The van der Waals surface area contributed by atoms with Gasteiger partial charge < -0.3 is 10.0 Å². The van der Waals surface area contributed by atoms with Crippen molar-refractivity contribution in [1.29, 1.82) is 0 Å². The number of nitrogens with one attached hydrogen (secondary N) is 1. The Hall–Kier alpha value is -3.62. The Bertz CT molecular complexity index is 1410. The van der Waals surface area contributed by atoms with Crippen molar-refractivity contribution in [2.24, 2.45) is 0 Å². The van der Waals surface area contributed by atoms with Gasteiger partial charge in [-0.25, -0.2) is 15.0 Å². The molecule has 1 amide bonds. The van der Waals surface area contributed by atoms with Crippen molar-refractivity contribution in [2.45, 2.75) is 44.9 Å². The minimum absolute atomic E-state index is 0.0101. The van der Waals surface area contributed by atoms with Gasteiger partial charge in [-0.05, 0) is 37.9 Å². The molecule has 1 atom stereocenters. The number of amides is 1. The highest BCUT2D eigenvalue weighted by atomic mass is 32.1. The Morgan fingerprint density at radius 1 is 1.12 bits per heavy atom. The van der Waals surface area contributed by atoms with Crippen molar-refractivity contribution in [3.63, 3.8) is 0 Å². The molecule has 2 aromatic heterocycles. The number of halogens is 3. The van der Waals surface area contributed by atoms with E-state index in [1.165, 1.54) is 29.8 Å². The summed E-state index contributed by atoms with van der Waals surface area (Å²) in [4.78, 5) is 44.1. The van der Waals surface area contributed by atoms with Crippen molar-refractivity contribution < 1.29 is 27.9 Å². The monoisotopic (exact) mass is 603 g/mol. The third-order valence-electron chi connectivity index (χ3n) is 7.62. The Labute approximate surface area is 245 Å². The Balaban J connectivity index is 1.32. The molecule has 0 saturated carbocycles. The van der Waals surface area contributed by atoms with Gasteiger partial charge in [0.25, 0.3) is 5.91 Å². The molecule has 0 spiro atoms. The van der Waals surface area contributed by atoms with Crippen LogP contribution in [0.4, 0.5) is 24.1 Å². The van der Waals surface area contributed by atoms with Gasteiger partial charge in [-0.15, -0.1) is 0 Å². The molecule has 3 aromatic rings. The van der Waals surface area contributed by atoms with Crippen molar-refractivity contribution in [3.8, 4) is 11.3 Å². The lowest BCUT2D eigenvalue weighted by atomic mass is 10.1. The summed E-state index contributed by atoms with van der Waals surface area (Å²) in [5, 5.41) is 12.0. The second-order valence-corrected chi connectivity index (χ2v) is 11.5. The largest absolute Gasteiger partial charge is 0.480 e. The van der Waals surface area contributed by atoms with Crippen molar-refractivity contribution >= 4 is 34.2 Å². The summed E-state index contributed by atoms with van der Waals surface area (Å²) in [6, 6.07) is 5.49. The van der Waals surface area contributed by atoms with E-state index in [4.69, 9.17) is 5.11 Å². The van der Waals surface area contributed by atoms with Gasteiger partial charge >= 0.3 is 12.1 Å². The standard InChI is InChI=1S/C28H32F3N7O3S/c1-2-20-7-4-8-38(20)16-22-25(18-5-3-6-19(13-18)28(29,30)31)34-27(42-22)35-26(41)21-14-33-23(15-32-21)37-11-9-36(10-12-37)17-24(39)40/h3,5-6,13-15,20H,2,4,7-12,16-17H2,1H3,(H,39,40)(H,34,35,41). The van der Waals surface area contributed by atoms with E-state index >= 15 is 0 Å². The summed E-state index contributed by atoms with van der Waals surface area (Å²) in [6.07, 6.45) is 1.50. The molecule has 2 fully saturated rings. The first-order chi connectivity index (χ1) is 20.1. The first-order valence-electron chi connectivity index (χ1n) is 13.8. The molecular weight excluding hydrogens is 571 g/mol. The fourth-order valence-electron chi connectivity index (χ4n) is 5.42. The second-order valence-electron chi connectivity index (χ2n) is 10.4. The van der Waals surface area contributed by atoms with Crippen LogP contribution in [0.2, 0.25) is 0 Å². The average Bonchev–Trinajstić information content (AvgIpc) is 3.59. The minimum atomic E-state index is -4.48. The number of rotatable bonds is 9. The van der Waals surface area contributed by atoms with Gasteiger partial charge in [-0.3, -0.25) is 24.7 Å². The molecule has 2 N–H and O–H groups in total. The number of likely N-dealkylation sites (tertiary alicyclic amines) is 1. The topological polar surface area (TPSA) is 115 Å².